The largest absolute Gasteiger partial charge is 0.474 e. The van der Waals surface area contributed by atoms with Gasteiger partial charge in [-0.05, 0) is 63.3 Å². The van der Waals surface area contributed by atoms with Gasteiger partial charge in [0.25, 0.3) is 5.91 Å². The lowest BCUT2D eigenvalue weighted by Crippen LogP contribution is -2.24. The predicted octanol–water partition coefficient (Wildman–Crippen LogP) is 4.14. The minimum Gasteiger partial charge on any atom is -0.474 e. The van der Waals surface area contributed by atoms with Crippen LogP contribution in [0.15, 0.2) is 48.7 Å². The van der Waals surface area contributed by atoms with Crippen LogP contribution in [0.25, 0.3) is 5.69 Å². The molecule has 1 amide bonds. The fraction of sp³-hybridized carbons (Fsp3) is 0.348. The highest BCUT2D eigenvalue weighted by Crippen LogP contribution is 2.23. The summed E-state index contributed by atoms with van der Waals surface area (Å²) in [6, 6.07) is 13.6. The van der Waals surface area contributed by atoms with E-state index in [1.54, 1.807) is 6.20 Å². The molecule has 1 N–H and O–H groups in total. The van der Waals surface area contributed by atoms with Crippen LogP contribution < -0.4 is 10.1 Å². The van der Waals surface area contributed by atoms with Crippen molar-refractivity contribution in [1.82, 2.24) is 20.1 Å². The van der Waals surface area contributed by atoms with Crippen molar-refractivity contribution in [1.29, 1.82) is 0 Å². The summed E-state index contributed by atoms with van der Waals surface area (Å²) in [6.07, 6.45) is 6.61. The zero-order chi connectivity index (χ0) is 20.2. The molecular weight excluding hydrogens is 364 g/mol. The molecule has 0 unspecified atom stereocenters. The number of nitrogens with one attached hydrogen (secondary N) is 1. The Balaban J connectivity index is 1.44. The van der Waals surface area contributed by atoms with Crippen molar-refractivity contribution in [2.45, 2.75) is 52.2 Å². The minimum absolute atomic E-state index is 0.128. The molecule has 2 heterocycles. The van der Waals surface area contributed by atoms with Gasteiger partial charge in [-0.25, -0.2) is 9.67 Å². The quantitative estimate of drug-likeness (QED) is 0.687. The van der Waals surface area contributed by atoms with Crippen molar-refractivity contribution in [3.05, 3.63) is 71.2 Å². The Morgan fingerprint density at radius 2 is 1.93 bits per heavy atom. The van der Waals surface area contributed by atoms with Crippen LogP contribution in [0.2, 0.25) is 0 Å². The molecule has 29 heavy (non-hydrogen) atoms. The maximum absolute atomic E-state index is 12.9. The summed E-state index contributed by atoms with van der Waals surface area (Å²) < 4.78 is 7.77. The lowest BCUT2D eigenvalue weighted by Gasteiger charge is -2.13. The molecule has 1 aliphatic carbocycles. The Labute approximate surface area is 170 Å². The normalized spacial score (nSPS) is 14.1. The first-order chi connectivity index (χ1) is 14.1. The molecule has 0 aliphatic heterocycles. The summed E-state index contributed by atoms with van der Waals surface area (Å²) in [4.78, 5) is 17.2. The number of ether oxygens (including phenoxy) is 1. The molecule has 0 atom stereocenters. The van der Waals surface area contributed by atoms with E-state index in [4.69, 9.17) is 4.74 Å². The molecular formula is C23H26N4O2. The van der Waals surface area contributed by atoms with Gasteiger partial charge in [0.15, 0.2) is 0 Å². The third kappa shape index (κ3) is 4.31. The third-order valence-corrected chi connectivity index (χ3v) is 5.36. The summed E-state index contributed by atoms with van der Waals surface area (Å²) in [5, 5.41) is 7.56. The van der Waals surface area contributed by atoms with Crippen LogP contribution >= 0.6 is 0 Å². The molecule has 2 aromatic heterocycles. The maximum atomic E-state index is 12.9. The lowest BCUT2D eigenvalue weighted by atomic mass is 10.1. The van der Waals surface area contributed by atoms with Crippen LogP contribution in [0, 0.1) is 13.8 Å². The van der Waals surface area contributed by atoms with Crippen molar-refractivity contribution in [3.63, 3.8) is 0 Å². The van der Waals surface area contributed by atoms with Crippen LogP contribution in [0.1, 0.15) is 53.0 Å². The topological polar surface area (TPSA) is 69.0 Å². The van der Waals surface area contributed by atoms with Gasteiger partial charge in [0.05, 0.1) is 22.6 Å². The molecule has 0 radical (unpaired) electrons. The third-order valence-electron chi connectivity index (χ3n) is 5.36. The van der Waals surface area contributed by atoms with E-state index < -0.39 is 0 Å². The van der Waals surface area contributed by atoms with Crippen LogP contribution in [-0.4, -0.2) is 26.8 Å². The number of para-hydroxylation sites is 1. The van der Waals surface area contributed by atoms with Crippen molar-refractivity contribution < 1.29 is 9.53 Å². The fourth-order valence-corrected chi connectivity index (χ4v) is 3.86. The summed E-state index contributed by atoms with van der Waals surface area (Å²) in [6.45, 7) is 4.20. The average Bonchev–Trinajstić information content (AvgIpc) is 3.34. The molecule has 0 saturated heterocycles. The lowest BCUT2D eigenvalue weighted by molar-refractivity contribution is 0.0949. The van der Waals surface area contributed by atoms with Gasteiger partial charge in [-0.2, -0.15) is 5.10 Å². The standard InChI is InChI=1S/C23H26N4O2/c1-16-22(17(2)27(26-16)19-8-4-3-5-9-19)23(28)25-15-18-12-13-24-21(14-18)29-20-10-6-7-11-20/h3-5,8-9,12-14,20H,6-7,10-11,15H2,1-2H3,(H,25,28). The van der Waals surface area contributed by atoms with Crippen LogP contribution in [0.4, 0.5) is 0 Å². The number of hydrogen-bond acceptors (Lipinski definition) is 4. The number of carbonyl (C=O) groups is 1. The van der Waals surface area contributed by atoms with Gasteiger partial charge in [0.2, 0.25) is 5.88 Å². The predicted molar refractivity (Wildman–Crippen MR) is 111 cm³/mol. The van der Waals surface area contributed by atoms with Crippen molar-refractivity contribution in [3.8, 4) is 11.6 Å². The first-order valence-corrected chi connectivity index (χ1v) is 10.1. The van der Waals surface area contributed by atoms with E-state index in [2.05, 4.69) is 15.4 Å². The van der Waals surface area contributed by atoms with Crippen LogP contribution in [-0.2, 0) is 6.54 Å². The van der Waals surface area contributed by atoms with E-state index in [9.17, 15) is 4.79 Å². The number of carbonyl (C=O) groups excluding carboxylic acids is 1. The molecule has 1 aromatic carbocycles. The molecule has 1 saturated carbocycles. The SMILES string of the molecule is Cc1nn(-c2ccccc2)c(C)c1C(=O)NCc1ccnc(OC2CCCC2)c1. The average molecular weight is 390 g/mol. The van der Waals surface area contributed by atoms with Crippen LogP contribution in [0.5, 0.6) is 5.88 Å². The number of pyridine rings is 1. The molecule has 1 fully saturated rings. The van der Waals surface area contributed by atoms with Crippen LogP contribution in [0.3, 0.4) is 0 Å². The van der Waals surface area contributed by atoms with Gasteiger partial charge in [0.1, 0.15) is 6.10 Å². The molecule has 0 bridgehead atoms. The van der Waals surface area contributed by atoms with Crippen molar-refractivity contribution in [2.24, 2.45) is 0 Å². The van der Waals surface area contributed by atoms with E-state index in [1.807, 2.05) is 61.0 Å². The monoisotopic (exact) mass is 390 g/mol. The fourth-order valence-electron chi connectivity index (χ4n) is 3.86. The van der Waals surface area contributed by atoms with Crippen molar-refractivity contribution >= 4 is 5.91 Å². The number of aromatic nitrogens is 3. The van der Waals surface area contributed by atoms with E-state index in [1.165, 1.54) is 12.8 Å². The summed E-state index contributed by atoms with van der Waals surface area (Å²) in [5.74, 6) is 0.505. The minimum atomic E-state index is -0.128. The summed E-state index contributed by atoms with van der Waals surface area (Å²) in [5.41, 5.74) is 4.06. The number of benzene rings is 1. The van der Waals surface area contributed by atoms with Gasteiger partial charge in [-0.15, -0.1) is 0 Å². The zero-order valence-corrected chi connectivity index (χ0v) is 16.9. The molecule has 150 valence electrons. The summed E-state index contributed by atoms with van der Waals surface area (Å²) >= 11 is 0. The number of nitrogens with zero attached hydrogens (tertiary/aromatic N) is 3. The number of hydrogen-bond donors (Lipinski definition) is 1. The van der Waals surface area contributed by atoms with Gasteiger partial charge >= 0.3 is 0 Å². The van der Waals surface area contributed by atoms with E-state index in [0.717, 1.165) is 29.8 Å². The van der Waals surface area contributed by atoms with Gasteiger partial charge in [-0.3, -0.25) is 4.79 Å². The highest BCUT2D eigenvalue weighted by atomic mass is 16.5. The van der Waals surface area contributed by atoms with E-state index >= 15 is 0 Å². The summed E-state index contributed by atoms with van der Waals surface area (Å²) in [7, 11) is 0. The van der Waals surface area contributed by atoms with Gasteiger partial charge in [0, 0.05) is 18.8 Å². The highest BCUT2D eigenvalue weighted by molar-refractivity contribution is 5.96. The molecule has 1 aliphatic rings. The van der Waals surface area contributed by atoms with E-state index in [0.29, 0.717) is 23.7 Å². The Bertz CT molecular complexity index is 991. The Morgan fingerprint density at radius 3 is 2.69 bits per heavy atom. The number of rotatable bonds is 6. The molecule has 4 rings (SSSR count). The molecule has 0 spiro atoms. The van der Waals surface area contributed by atoms with E-state index in [-0.39, 0.29) is 12.0 Å². The molecule has 6 heteroatoms. The molecule has 6 nitrogen and oxygen atoms in total. The Hall–Kier alpha value is -3.15. The molecule has 3 aromatic rings. The Kier molecular flexibility index (Phi) is 5.60. The zero-order valence-electron chi connectivity index (χ0n) is 16.9. The second-order valence-electron chi connectivity index (χ2n) is 7.50. The maximum Gasteiger partial charge on any atom is 0.255 e. The number of amides is 1. The van der Waals surface area contributed by atoms with Gasteiger partial charge < -0.3 is 10.1 Å². The second kappa shape index (κ2) is 8.47. The van der Waals surface area contributed by atoms with Crippen molar-refractivity contribution in [2.75, 3.05) is 0 Å². The first kappa shape index (κ1) is 19.2. The first-order valence-electron chi connectivity index (χ1n) is 10.1. The number of aryl methyl sites for hydroxylation is 1. The second-order valence-corrected chi connectivity index (χ2v) is 7.50. The van der Waals surface area contributed by atoms with Gasteiger partial charge in [-0.1, -0.05) is 18.2 Å². The highest BCUT2D eigenvalue weighted by Gasteiger charge is 2.20. The smallest absolute Gasteiger partial charge is 0.255 e. The Morgan fingerprint density at radius 1 is 1.17 bits per heavy atom.